The molecule has 0 heterocycles. The Morgan fingerprint density at radius 3 is 1.93 bits per heavy atom. The van der Waals surface area contributed by atoms with Gasteiger partial charge in [-0.05, 0) is 41.4 Å². The van der Waals surface area contributed by atoms with Gasteiger partial charge in [-0.2, -0.15) is 0 Å². The molecule has 0 aliphatic carbocycles. The minimum atomic E-state index is -0.264. The lowest BCUT2D eigenvalue weighted by molar-refractivity contribution is 0.0438. The molecule has 0 saturated heterocycles. The van der Waals surface area contributed by atoms with Gasteiger partial charge in [0.1, 0.15) is 0 Å². The van der Waals surface area contributed by atoms with E-state index in [2.05, 4.69) is 44.7 Å². The van der Waals surface area contributed by atoms with Crippen LogP contribution in [0.15, 0.2) is 0 Å². The highest BCUT2D eigenvalue weighted by Gasteiger charge is 2.21. The van der Waals surface area contributed by atoms with Gasteiger partial charge in [0.05, 0.1) is 6.10 Å². The third kappa shape index (κ3) is 4.40. The molecule has 0 spiro atoms. The van der Waals surface area contributed by atoms with Crippen LogP contribution in [0, 0.1) is 0 Å². The third-order valence-corrected chi connectivity index (χ3v) is 2.78. The smallest absolute Gasteiger partial charge is 0.0664 e. The summed E-state index contributed by atoms with van der Waals surface area (Å²) < 4.78 is 0. The summed E-state index contributed by atoms with van der Waals surface area (Å²) in [5.74, 6) is 0. The molecule has 3 nitrogen and oxygen atoms in total. The first kappa shape index (κ1) is 13.9. The van der Waals surface area contributed by atoms with Crippen molar-refractivity contribution in [3.63, 3.8) is 0 Å². The van der Waals surface area contributed by atoms with Crippen molar-refractivity contribution < 1.29 is 5.11 Å². The Kier molecular flexibility index (Phi) is 6.33. The fourth-order valence-corrected chi connectivity index (χ4v) is 1.91. The predicted molar refractivity (Wildman–Crippen MR) is 61.5 cm³/mol. The number of nitrogens with zero attached hydrogens (tertiary/aromatic N) is 2. The molecule has 0 bridgehead atoms. The molecule has 0 aliphatic heterocycles. The number of aliphatic hydroxyl groups excluding tert-OH is 1. The van der Waals surface area contributed by atoms with Crippen LogP contribution in [-0.4, -0.2) is 60.3 Å². The quantitative estimate of drug-likeness (QED) is 0.697. The zero-order valence-corrected chi connectivity index (χ0v) is 10.5. The van der Waals surface area contributed by atoms with E-state index in [1.54, 1.807) is 0 Å². The zero-order valence-electron chi connectivity index (χ0n) is 10.5. The molecule has 3 unspecified atom stereocenters. The van der Waals surface area contributed by atoms with Crippen LogP contribution in [0.2, 0.25) is 0 Å². The number of hydrogen-bond acceptors (Lipinski definition) is 3. The highest BCUT2D eigenvalue weighted by atomic mass is 16.3. The van der Waals surface area contributed by atoms with Crippen molar-refractivity contribution in [2.24, 2.45) is 0 Å². The molecule has 86 valence electrons. The fraction of sp³-hybridized carbons (Fsp3) is 1.00. The molecule has 3 heteroatoms. The van der Waals surface area contributed by atoms with Crippen molar-refractivity contribution in [2.45, 2.75) is 45.9 Å². The third-order valence-electron chi connectivity index (χ3n) is 2.78. The average molecular weight is 202 g/mol. The van der Waals surface area contributed by atoms with Crippen LogP contribution in [0.4, 0.5) is 0 Å². The Balaban J connectivity index is 4.24. The van der Waals surface area contributed by atoms with E-state index in [0.29, 0.717) is 6.04 Å². The molecule has 0 rings (SSSR count). The largest absolute Gasteiger partial charge is 0.392 e. The van der Waals surface area contributed by atoms with Crippen LogP contribution < -0.4 is 0 Å². The van der Waals surface area contributed by atoms with Gasteiger partial charge in [-0.15, -0.1) is 0 Å². The molecule has 0 aromatic heterocycles. The van der Waals surface area contributed by atoms with E-state index >= 15 is 0 Å². The van der Waals surface area contributed by atoms with Crippen LogP contribution in [0.25, 0.3) is 0 Å². The maximum Gasteiger partial charge on any atom is 0.0664 e. The van der Waals surface area contributed by atoms with Crippen LogP contribution in [0.1, 0.15) is 27.7 Å². The second kappa shape index (κ2) is 6.38. The number of rotatable bonds is 6. The van der Waals surface area contributed by atoms with Gasteiger partial charge in [0.15, 0.2) is 0 Å². The molecule has 0 saturated carbocycles. The first-order chi connectivity index (χ1) is 6.40. The van der Waals surface area contributed by atoms with E-state index < -0.39 is 0 Å². The number of likely N-dealkylation sites (N-methyl/N-ethyl adjacent to an activating group) is 2. The first-order valence-electron chi connectivity index (χ1n) is 5.48. The normalized spacial score (nSPS) is 18.6. The lowest BCUT2D eigenvalue weighted by Gasteiger charge is -2.36. The van der Waals surface area contributed by atoms with E-state index in [9.17, 15) is 5.11 Å². The van der Waals surface area contributed by atoms with Crippen LogP contribution in [0.5, 0.6) is 0 Å². The van der Waals surface area contributed by atoms with Crippen LogP contribution >= 0.6 is 0 Å². The Labute approximate surface area is 88.7 Å². The summed E-state index contributed by atoms with van der Waals surface area (Å²) in [6.07, 6.45) is -0.264. The molecule has 0 aromatic rings. The molecule has 0 aromatic carbocycles. The maximum atomic E-state index is 9.55. The van der Waals surface area contributed by atoms with E-state index in [0.717, 1.165) is 13.1 Å². The summed E-state index contributed by atoms with van der Waals surface area (Å²) in [6, 6.07) is 0.717. The summed E-state index contributed by atoms with van der Waals surface area (Å²) >= 11 is 0. The summed E-state index contributed by atoms with van der Waals surface area (Å²) in [6.45, 7) is 10.3. The molecule has 0 fully saturated rings. The van der Waals surface area contributed by atoms with Crippen molar-refractivity contribution in [3.8, 4) is 0 Å². The highest BCUT2D eigenvalue weighted by Crippen LogP contribution is 2.09. The predicted octanol–water partition coefficient (Wildman–Crippen LogP) is 1.03. The summed E-state index contributed by atoms with van der Waals surface area (Å²) in [5.41, 5.74) is 0. The van der Waals surface area contributed by atoms with E-state index in [1.165, 1.54) is 0 Å². The number of aliphatic hydroxyl groups is 1. The van der Waals surface area contributed by atoms with Crippen molar-refractivity contribution in [2.75, 3.05) is 27.2 Å². The van der Waals surface area contributed by atoms with Crippen LogP contribution in [0.3, 0.4) is 0 Å². The molecular weight excluding hydrogens is 176 g/mol. The Hall–Kier alpha value is -0.120. The van der Waals surface area contributed by atoms with Crippen molar-refractivity contribution in [3.05, 3.63) is 0 Å². The van der Waals surface area contributed by atoms with Gasteiger partial charge in [-0.3, -0.25) is 4.90 Å². The summed E-state index contributed by atoms with van der Waals surface area (Å²) in [4.78, 5) is 4.52. The van der Waals surface area contributed by atoms with Crippen LogP contribution in [-0.2, 0) is 0 Å². The van der Waals surface area contributed by atoms with Gasteiger partial charge in [0, 0.05) is 18.6 Å². The SMILES string of the molecule is CCN(C(C)CN(C)C)C(C)C(C)O. The molecule has 3 atom stereocenters. The Morgan fingerprint density at radius 1 is 1.14 bits per heavy atom. The van der Waals surface area contributed by atoms with Crippen molar-refractivity contribution in [1.82, 2.24) is 9.80 Å². The minimum absolute atomic E-state index is 0.231. The highest BCUT2D eigenvalue weighted by molar-refractivity contribution is 4.77. The molecular formula is C11H26N2O. The molecule has 0 aliphatic rings. The van der Waals surface area contributed by atoms with E-state index in [4.69, 9.17) is 0 Å². The van der Waals surface area contributed by atoms with Gasteiger partial charge in [0.2, 0.25) is 0 Å². The minimum Gasteiger partial charge on any atom is -0.392 e. The Morgan fingerprint density at radius 2 is 1.64 bits per heavy atom. The lowest BCUT2D eigenvalue weighted by Crippen LogP contribution is -2.48. The van der Waals surface area contributed by atoms with Gasteiger partial charge < -0.3 is 10.0 Å². The molecule has 0 amide bonds. The maximum absolute atomic E-state index is 9.55. The lowest BCUT2D eigenvalue weighted by atomic mass is 10.1. The van der Waals surface area contributed by atoms with Crippen molar-refractivity contribution >= 4 is 0 Å². The molecule has 14 heavy (non-hydrogen) atoms. The van der Waals surface area contributed by atoms with Gasteiger partial charge in [-0.25, -0.2) is 0 Å². The topological polar surface area (TPSA) is 26.7 Å². The zero-order chi connectivity index (χ0) is 11.3. The standard InChI is InChI=1S/C11H26N2O/c1-7-13(10(3)11(4)14)9(2)8-12(5)6/h9-11,14H,7-8H2,1-6H3. The van der Waals surface area contributed by atoms with E-state index in [-0.39, 0.29) is 12.1 Å². The average Bonchev–Trinajstić information content (AvgIpc) is 2.03. The van der Waals surface area contributed by atoms with Gasteiger partial charge in [-0.1, -0.05) is 6.92 Å². The monoisotopic (exact) mass is 202 g/mol. The Bertz CT molecular complexity index is 148. The number of hydrogen-bond donors (Lipinski definition) is 1. The molecule has 0 radical (unpaired) electrons. The van der Waals surface area contributed by atoms with Gasteiger partial charge >= 0.3 is 0 Å². The van der Waals surface area contributed by atoms with Crippen molar-refractivity contribution in [1.29, 1.82) is 0 Å². The van der Waals surface area contributed by atoms with Gasteiger partial charge in [0.25, 0.3) is 0 Å². The van der Waals surface area contributed by atoms with E-state index in [1.807, 2.05) is 6.92 Å². The second-order valence-electron chi connectivity index (χ2n) is 4.42. The summed E-state index contributed by atoms with van der Waals surface area (Å²) in [5, 5.41) is 9.55. The summed E-state index contributed by atoms with van der Waals surface area (Å²) in [7, 11) is 4.16. The second-order valence-corrected chi connectivity index (χ2v) is 4.42. The molecule has 1 N–H and O–H groups in total. The first-order valence-corrected chi connectivity index (χ1v) is 5.48. The fourth-order valence-electron chi connectivity index (χ4n) is 1.91.